The number of carbonyl (C=O) groups is 2. The third-order valence-corrected chi connectivity index (χ3v) is 5.13. The number of hydrogen-bond donors (Lipinski definition) is 0. The zero-order valence-corrected chi connectivity index (χ0v) is 19.1. The van der Waals surface area contributed by atoms with Crippen LogP contribution in [0.25, 0.3) is 0 Å². The Balaban J connectivity index is 2.42. The van der Waals surface area contributed by atoms with Gasteiger partial charge in [-0.3, -0.25) is 9.05 Å². The second-order valence-electron chi connectivity index (χ2n) is 6.76. The number of rotatable bonds is 16. The van der Waals surface area contributed by atoms with Gasteiger partial charge in [-0.2, -0.15) is 0 Å². The number of carbonyl (C=O) groups excluding carboxylic acids is 2. The molecule has 0 aromatic heterocycles. The van der Waals surface area contributed by atoms with Crippen molar-refractivity contribution in [2.45, 2.75) is 39.5 Å². The Bertz CT molecular complexity index is 733. The monoisotopic (exact) mass is 454 g/mol. The third kappa shape index (κ3) is 12.1. The minimum absolute atomic E-state index is 0.102. The van der Waals surface area contributed by atoms with Crippen molar-refractivity contribution in [1.82, 2.24) is 0 Å². The molecule has 0 amide bonds. The summed E-state index contributed by atoms with van der Waals surface area (Å²) in [6.45, 7) is 10.8. The van der Waals surface area contributed by atoms with Crippen LogP contribution >= 0.6 is 7.82 Å². The molecule has 9 heteroatoms. The van der Waals surface area contributed by atoms with Crippen LogP contribution in [0.1, 0.15) is 39.5 Å². The molecule has 8 nitrogen and oxygen atoms in total. The standard InChI is InChI=1S/C22H31O8P/c1-18(2)21(23)26-14-8-10-16-28-31(25,30-20-12-6-5-7-13-20)29-17-11-9-15-27-22(24)19(3)4/h5-7,12-13H,1,3,8-11,14-17H2,2,4H3. The lowest BCUT2D eigenvalue weighted by Gasteiger charge is -2.18. The van der Waals surface area contributed by atoms with E-state index in [9.17, 15) is 14.2 Å². The van der Waals surface area contributed by atoms with Gasteiger partial charge in [0.1, 0.15) is 5.75 Å². The summed E-state index contributed by atoms with van der Waals surface area (Å²) in [6.07, 6.45) is 2.04. The number of phosphoric acid groups is 1. The first-order valence-electron chi connectivity index (χ1n) is 10.0. The van der Waals surface area contributed by atoms with Crippen LogP contribution in [0.4, 0.5) is 0 Å². The molecule has 0 heterocycles. The Morgan fingerprint density at radius 1 is 0.774 bits per heavy atom. The maximum atomic E-state index is 13.0. The summed E-state index contributed by atoms with van der Waals surface area (Å²) in [5, 5.41) is 0. The molecule has 0 atom stereocenters. The van der Waals surface area contributed by atoms with E-state index in [4.69, 9.17) is 23.0 Å². The fourth-order valence-electron chi connectivity index (χ4n) is 2.04. The highest BCUT2D eigenvalue weighted by molar-refractivity contribution is 7.48. The molecular weight excluding hydrogens is 423 g/mol. The predicted molar refractivity (Wildman–Crippen MR) is 117 cm³/mol. The second-order valence-corrected chi connectivity index (χ2v) is 8.36. The highest BCUT2D eigenvalue weighted by Crippen LogP contribution is 2.49. The van der Waals surface area contributed by atoms with Crippen LogP contribution in [-0.4, -0.2) is 38.4 Å². The average molecular weight is 454 g/mol. The smallest absolute Gasteiger partial charge is 0.462 e. The maximum Gasteiger partial charge on any atom is 0.530 e. The van der Waals surface area contributed by atoms with E-state index >= 15 is 0 Å². The van der Waals surface area contributed by atoms with E-state index in [1.807, 2.05) is 0 Å². The van der Waals surface area contributed by atoms with Crippen molar-refractivity contribution in [3.8, 4) is 5.75 Å². The van der Waals surface area contributed by atoms with Crippen LogP contribution in [0.5, 0.6) is 5.75 Å². The third-order valence-electron chi connectivity index (χ3n) is 3.70. The minimum atomic E-state index is -3.85. The van der Waals surface area contributed by atoms with Crippen LogP contribution in [0.2, 0.25) is 0 Å². The Morgan fingerprint density at radius 3 is 1.61 bits per heavy atom. The van der Waals surface area contributed by atoms with Crippen molar-refractivity contribution in [3.63, 3.8) is 0 Å². The first-order valence-corrected chi connectivity index (χ1v) is 11.5. The molecular formula is C22H31O8P. The summed E-state index contributed by atoms with van der Waals surface area (Å²) >= 11 is 0. The summed E-state index contributed by atoms with van der Waals surface area (Å²) in [6, 6.07) is 8.58. The number of hydrogen-bond acceptors (Lipinski definition) is 8. The Morgan fingerprint density at radius 2 is 1.19 bits per heavy atom. The van der Waals surface area contributed by atoms with Crippen molar-refractivity contribution in [1.29, 1.82) is 0 Å². The molecule has 31 heavy (non-hydrogen) atoms. The molecule has 0 aliphatic carbocycles. The van der Waals surface area contributed by atoms with Gasteiger partial charge in [-0.1, -0.05) is 31.4 Å². The van der Waals surface area contributed by atoms with Gasteiger partial charge in [0, 0.05) is 11.1 Å². The number of phosphoric ester groups is 1. The molecule has 0 bridgehead atoms. The first kappa shape index (κ1) is 26.6. The van der Waals surface area contributed by atoms with Gasteiger partial charge in [0.2, 0.25) is 0 Å². The summed E-state index contributed by atoms with van der Waals surface area (Å²) in [7, 11) is -3.85. The fraction of sp³-hybridized carbons (Fsp3) is 0.455. The average Bonchev–Trinajstić information content (AvgIpc) is 2.73. The zero-order chi connectivity index (χ0) is 23.1. The molecule has 0 saturated heterocycles. The van der Waals surface area contributed by atoms with E-state index in [0.29, 0.717) is 42.6 Å². The molecule has 0 saturated carbocycles. The van der Waals surface area contributed by atoms with Crippen LogP contribution < -0.4 is 4.52 Å². The van der Waals surface area contributed by atoms with E-state index in [1.165, 1.54) is 0 Å². The normalized spacial score (nSPS) is 10.9. The van der Waals surface area contributed by atoms with E-state index in [2.05, 4.69) is 13.2 Å². The Hall–Kier alpha value is -2.41. The van der Waals surface area contributed by atoms with E-state index in [0.717, 1.165) is 0 Å². The molecule has 0 aliphatic heterocycles. The number of esters is 2. The highest BCUT2D eigenvalue weighted by Gasteiger charge is 2.28. The SMILES string of the molecule is C=C(C)C(=O)OCCCCOP(=O)(OCCCCOC(=O)C(=C)C)Oc1ccccc1. The molecule has 0 aliphatic rings. The van der Waals surface area contributed by atoms with Gasteiger partial charge in [-0.15, -0.1) is 0 Å². The molecule has 0 radical (unpaired) electrons. The lowest BCUT2D eigenvalue weighted by atomic mass is 10.3. The number of benzene rings is 1. The van der Waals surface area contributed by atoms with Gasteiger partial charge in [-0.05, 0) is 51.7 Å². The van der Waals surface area contributed by atoms with Crippen molar-refractivity contribution >= 4 is 19.8 Å². The summed E-state index contributed by atoms with van der Waals surface area (Å²) < 4.78 is 39.3. The number of para-hydroxylation sites is 1. The molecule has 0 unspecified atom stereocenters. The second kappa shape index (κ2) is 14.6. The van der Waals surface area contributed by atoms with Gasteiger partial charge in [0.25, 0.3) is 0 Å². The van der Waals surface area contributed by atoms with E-state index in [-0.39, 0.29) is 26.4 Å². The lowest BCUT2D eigenvalue weighted by molar-refractivity contribution is -0.139. The first-order chi connectivity index (χ1) is 14.7. The maximum absolute atomic E-state index is 13.0. The number of unbranched alkanes of at least 4 members (excludes halogenated alkanes) is 2. The van der Waals surface area contributed by atoms with Crippen LogP contribution in [0, 0.1) is 0 Å². The van der Waals surface area contributed by atoms with Gasteiger partial charge in [0.05, 0.1) is 26.4 Å². The Labute approximate surface area is 183 Å². The molecule has 0 fully saturated rings. The summed E-state index contributed by atoms with van der Waals surface area (Å²) in [5.74, 6) is -0.538. The van der Waals surface area contributed by atoms with Crippen LogP contribution in [-0.2, 0) is 32.7 Å². The summed E-state index contributed by atoms with van der Waals surface area (Å²) in [4.78, 5) is 22.7. The topological polar surface area (TPSA) is 97.4 Å². The van der Waals surface area contributed by atoms with E-state index in [1.54, 1.807) is 44.2 Å². The van der Waals surface area contributed by atoms with Crippen molar-refractivity contribution in [2.75, 3.05) is 26.4 Å². The van der Waals surface area contributed by atoms with Crippen molar-refractivity contribution in [3.05, 3.63) is 54.6 Å². The van der Waals surface area contributed by atoms with Gasteiger partial charge < -0.3 is 14.0 Å². The van der Waals surface area contributed by atoms with Gasteiger partial charge in [-0.25, -0.2) is 14.2 Å². The van der Waals surface area contributed by atoms with Crippen molar-refractivity contribution in [2.24, 2.45) is 0 Å². The minimum Gasteiger partial charge on any atom is -0.462 e. The molecule has 1 aromatic carbocycles. The molecule has 0 spiro atoms. The largest absolute Gasteiger partial charge is 0.530 e. The predicted octanol–water partition coefficient (Wildman–Crippen LogP) is 5.01. The fourth-order valence-corrected chi connectivity index (χ4v) is 3.30. The van der Waals surface area contributed by atoms with Crippen molar-refractivity contribution < 1.29 is 37.2 Å². The van der Waals surface area contributed by atoms with Crippen LogP contribution in [0.3, 0.4) is 0 Å². The lowest BCUT2D eigenvalue weighted by Crippen LogP contribution is -2.09. The molecule has 1 aromatic rings. The summed E-state index contributed by atoms with van der Waals surface area (Å²) in [5.41, 5.74) is 0.666. The van der Waals surface area contributed by atoms with Gasteiger partial charge >= 0.3 is 19.8 Å². The Kier molecular flexibility index (Phi) is 12.5. The molecule has 1 rings (SSSR count). The molecule has 172 valence electrons. The highest BCUT2D eigenvalue weighted by atomic mass is 31.2. The zero-order valence-electron chi connectivity index (χ0n) is 18.2. The molecule has 0 N–H and O–H groups in total. The van der Waals surface area contributed by atoms with Gasteiger partial charge in [0.15, 0.2) is 0 Å². The quantitative estimate of drug-likeness (QED) is 0.149. The number of ether oxygens (including phenoxy) is 2. The van der Waals surface area contributed by atoms with Crippen LogP contribution in [0.15, 0.2) is 54.6 Å². The van der Waals surface area contributed by atoms with E-state index < -0.39 is 19.8 Å².